The normalized spacial score (nSPS) is 16.9. The van der Waals surface area contributed by atoms with Crippen molar-refractivity contribution >= 4 is 28.6 Å². The minimum Gasteiger partial charge on any atom is -0.481 e. The van der Waals surface area contributed by atoms with Gasteiger partial charge in [-0.25, -0.2) is 0 Å². The summed E-state index contributed by atoms with van der Waals surface area (Å²) in [6, 6.07) is 13.1. The van der Waals surface area contributed by atoms with Crippen molar-refractivity contribution in [3.8, 4) is 0 Å². The quantitative estimate of drug-likeness (QED) is 0.797. The van der Waals surface area contributed by atoms with Crippen LogP contribution in [0.4, 0.5) is 0 Å². The maximum absolute atomic E-state index is 12.4. The van der Waals surface area contributed by atoms with Crippen LogP contribution in [0, 0.1) is 0 Å². The second kappa shape index (κ2) is 8.64. The number of carboxylic acid groups (broad SMARTS) is 1. The summed E-state index contributed by atoms with van der Waals surface area (Å²) >= 11 is 0. The number of benzene rings is 2. The Morgan fingerprint density at radius 1 is 1.15 bits per heavy atom. The van der Waals surface area contributed by atoms with Gasteiger partial charge in [-0.05, 0) is 16.3 Å². The molecule has 0 bridgehead atoms. The third kappa shape index (κ3) is 4.83. The van der Waals surface area contributed by atoms with Crippen LogP contribution in [0.5, 0.6) is 0 Å². The van der Waals surface area contributed by atoms with E-state index in [0.29, 0.717) is 13.2 Å². The Labute approximate surface area is 156 Å². The fourth-order valence-corrected chi connectivity index (χ4v) is 3.31. The molecule has 0 aliphatic carbocycles. The van der Waals surface area contributed by atoms with Gasteiger partial charge in [-0.15, -0.1) is 0 Å². The molecule has 1 aliphatic heterocycles. The van der Waals surface area contributed by atoms with Gasteiger partial charge in [0, 0.05) is 6.54 Å². The average Bonchev–Trinajstić information content (AvgIpc) is 2.66. The van der Waals surface area contributed by atoms with Crippen LogP contribution in [0.1, 0.15) is 12.0 Å². The first kappa shape index (κ1) is 18.8. The zero-order chi connectivity index (χ0) is 19.2. The Morgan fingerprint density at radius 2 is 1.93 bits per heavy atom. The number of ether oxygens (including phenoxy) is 1. The molecule has 2 N–H and O–H groups in total. The van der Waals surface area contributed by atoms with Crippen LogP contribution in [-0.2, 0) is 25.5 Å². The molecule has 2 aromatic rings. The molecule has 2 aromatic carbocycles. The van der Waals surface area contributed by atoms with Crippen molar-refractivity contribution in [3.63, 3.8) is 0 Å². The van der Waals surface area contributed by atoms with Crippen molar-refractivity contribution in [2.75, 3.05) is 26.3 Å². The summed E-state index contributed by atoms with van der Waals surface area (Å²) < 4.78 is 5.26. The summed E-state index contributed by atoms with van der Waals surface area (Å²) in [6.07, 6.45) is 0.00594. The van der Waals surface area contributed by atoms with Gasteiger partial charge in [-0.2, -0.15) is 0 Å². The van der Waals surface area contributed by atoms with E-state index in [1.54, 1.807) is 0 Å². The van der Waals surface area contributed by atoms with Crippen LogP contribution in [0.2, 0.25) is 0 Å². The number of nitrogens with one attached hydrogen (secondary N) is 1. The van der Waals surface area contributed by atoms with Crippen LogP contribution in [-0.4, -0.2) is 60.1 Å². The number of fused-ring (bicyclic) bond motifs is 1. The number of rotatable bonds is 6. The molecule has 7 heteroatoms. The highest BCUT2D eigenvalue weighted by Crippen LogP contribution is 2.18. The topological polar surface area (TPSA) is 95.9 Å². The lowest BCUT2D eigenvalue weighted by molar-refractivity contribution is -0.146. The summed E-state index contributed by atoms with van der Waals surface area (Å²) in [5.74, 6) is -1.53. The molecule has 1 saturated heterocycles. The molecule has 0 saturated carbocycles. The highest BCUT2D eigenvalue weighted by Gasteiger charge is 2.29. The molecule has 1 fully saturated rings. The molecule has 142 valence electrons. The SMILES string of the molecule is O=C(O)CC1COCCN1C(=O)CNC(=O)Cc1cccc2ccccc12. The Kier molecular flexibility index (Phi) is 6.03. The van der Waals surface area contributed by atoms with Gasteiger partial charge in [0.15, 0.2) is 0 Å². The molecule has 1 atom stereocenters. The third-order valence-corrected chi connectivity index (χ3v) is 4.63. The second-order valence-electron chi connectivity index (χ2n) is 6.51. The zero-order valence-electron chi connectivity index (χ0n) is 14.9. The second-order valence-corrected chi connectivity index (χ2v) is 6.51. The van der Waals surface area contributed by atoms with Gasteiger partial charge >= 0.3 is 5.97 Å². The van der Waals surface area contributed by atoms with Crippen LogP contribution in [0.25, 0.3) is 10.8 Å². The van der Waals surface area contributed by atoms with Crippen LogP contribution in [0.3, 0.4) is 0 Å². The van der Waals surface area contributed by atoms with Gasteiger partial charge in [0.05, 0.1) is 38.6 Å². The molecule has 27 heavy (non-hydrogen) atoms. The lowest BCUT2D eigenvalue weighted by Crippen LogP contribution is -2.52. The number of morpholine rings is 1. The number of nitrogens with zero attached hydrogens (tertiary/aromatic N) is 1. The Morgan fingerprint density at radius 3 is 2.74 bits per heavy atom. The van der Waals surface area contributed by atoms with Gasteiger partial charge in [0.2, 0.25) is 11.8 Å². The molecule has 1 heterocycles. The Balaban J connectivity index is 1.58. The van der Waals surface area contributed by atoms with Crippen molar-refractivity contribution in [2.45, 2.75) is 18.9 Å². The standard InChI is InChI=1S/C20H22N2O5/c23-18(10-15-6-3-5-14-4-1-2-7-17(14)15)21-12-19(24)22-8-9-27-13-16(22)11-20(25)26/h1-7,16H,8-13H2,(H,21,23)(H,25,26). The minimum atomic E-state index is -0.983. The third-order valence-electron chi connectivity index (χ3n) is 4.63. The van der Waals surface area contributed by atoms with Crippen LogP contribution in [0.15, 0.2) is 42.5 Å². The number of aliphatic carboxylic acids is 1. The Hall–Kier alpha value is -2.93. The van der Waals surface area contributed by atoms with E-state index in [1.807, 2.05) is 42.5 Å². The molecule has 1 aliphatic rings. The smallest absolute Gasteiger partial charge is 0.305 e. The molecule has 2 amide bonds. The fourth-order valence-electron chi connectivity index (χ4n) is 3.31. The van der Waals surface area contributed by atoms with Crippen molar-refractivity contribution in [3.05, 3.63) is 48.0 Å². The van der Waals surface area contributed by atoms with Crippen molar-refractivity contribution in [1.82, 2.24) is 10.2 Å². The largest absolute Gasteiger partial charge is 0.481 e. The highest BCUT2D eigenvalue weighted by atomic mass is 16.5. The van der Waals surface area contributed by atoms with Crippen molar-refractivity contribution < 1.29 is 24.2 Å². The molecular weight excluding hydrogens is 348 g/mol. The number of carboxylic acids is 1. The average molecular weight is 370 g/mol. The molecule has 3 rings (SSSR count). The monoisotopic (exact) mass is 370 g/mol. The number of amides is 2. The summed E-state index contributed by atoms with van der Waals surface area (Å²) in [5.41, 5.74) is 0.896. The van der Waals surface area contributed by atoms with E-state index < -0.39 is 12.0 Å². The van der Waals surface area contributed by atoms with E-state index in [9.17, 15) is 14.4 Å². The van der Waals surface area contributed by atoms with Crippen molar-refractivity contribution in [2.24, 2.45) is 0 Å². The lowest BCUT2D eigenvalue weighted by atomic mass is 10.0. The van der Waals surface area contributed by atoms with Gasteiger partial charge in [-0.1, -0.05) is 42.5 Å². The summed E-state index contributed by atoms with van der Waals surface area (Å²) in [6.45, 7) is 0.740. The zero-order valence-corrected chi connectivity index (χ0v) is 14.9. The predicted octanol–water partition coefficient (Wildman–Crippen LogP) is 1.20. The maximum atomic E-state index is 12.4. The maximum Gasteiger partial charge on any atom is 0.305 e. The van der Waals surface area contributed by atoms with Crippen LogP contribution >= 0.6 is 0 Å². The fraction of sp³-hybridized carbons (Fsp3) is 0.350. The molecular formula is C20H22N2O5. The number of carbonyl (C=O) groups is 3. The summed E-state index contributed by atoms with van der Waals surface area (Å²) in [7, 11) is 0. The number of carbonyl (C=O) groups excluding carboxylic acids is 2. The van der Waals surface area contributed by atoms with E-state index >= 15 is 0 Å². The van der Waals surface area contributed by atoms with E-state index in [-0.39, 0.29) is 37.8 Å². The van der Waals surface area contributed by atoms with Gasteiger partial charge in [0.1, 0.15) is 0 Å². The molecule has 7 nitrogen and oxygen atoms in total. The van der Waals surface area contributed by atoms with Crippen LogP contribution < -0.4 is 5.32 Å². The summed E-state index contributed by atoms with van der Waals surface area (Å²) in [4.78, 5) is 37.2. The number of hydrogen-bond donors (Lipinski definition) is 2. The molecule has 0 spiro atoms. The van der Waals surface area contributed by atoms with Gasteiger partial charge in [0.25, 0.3) is 0 Å². The predicted molar refractivity (Wildman–Crippen MR) is 99.2 cm³/mol. The Bertz CT molecular complexity index is 846. The molecule has 1 unspecified atom stereocenters. The number of hydrogen-bond acceptors (Lipinski definition) is 4. The lowest BCUT2D eigenvalue weighted by Gasteiger charge is -2.34. The first-order chi connectivity index (χ1) is 13.0. The molecule has 0 radical (unpaired) electrons. The minimum absolute atomic E-state index is 0.153. The first-order valence-corrected chi connectivity index (χ1v) is 8.87. The first-order valence-electron chi connectivity index (χ1n) is 8.87. The highest BCUT2D eigenvalue weighted by molar-refractivity contribution is 5.91. The van der Waals surface area contributed by atoms with E-state index in [2.05, 4.69) is 5.32 Å². The van der Waals surface area contributed by atoms with E-state index in [0.717, 1.165) is 16.3 Å². The van der Waals surface area contributed by atoms with Gasteiger partial charge in [-0.3, -0.25) is 14.4 Å². The molecule has 0 aromatic heterocycles. The van der Waals surface area contributed by atoms with E-state index in [4.69, 9.17) is 9.84 Å². The van der Waals surface area contributed by atoms with Crippen molar-refractivity contribution in [1.29, 1.82) is 0 Å². The summed E-state index contributed by atoms with van der Waals surface area (Å²) in [5, 5.41) is 13.7. The van der Waals surface area contributed by atoms with Gasteiger partial charge < -0.3 is 20.1 Å². The van der Waals surface area contributed by atoms with E-state index in [1.165, 1.54) is 4.90 Å².